The van der Waals surface area contributed by atoms with E-state index in [1.54, 1.807) is 52.2 Å². The average molecular weight is 1260 g/mol. The van der Waals surface area contributed by atoms with Crippen LogP contribution in [0.25, 0.3) is 37.2 Å². The molecular formula is C60H67N8NaO5S8. The molecule has 82 heavy (non-hydrogen) atoms. The predicted molar refractivity (Wildman–Crippen MR) is 345 cm³/mol. The van der Waals surface area contributed by atoms with Gasteiger partial charge in [-0.05, 0) is 148 Å². The summed E-state index contributed by atoms with van der Waals surface area (Å²) in [7, 11) is 0.750. The number of hydrogen-bond acceptors (Lipinski definition) is 18. The molecule has 3 aliphatic rings. The first-order chi connectivity index (χ1) is 39.0. The van der Waals surface area contributed by atoms with E-state index in [4.69, 9.17) is 54.8 Å². The zero-order valence-electron chi connectivity index (χ0n) is 46.9. The normalized spacial score (nSPS) is 13.3. The van der Waals surface area contributed by atoms with Crippen molar-refractivity contribution in [3.63, 3.8) is 0 Å². The van der Waals surface area contributed by atoms with Crippen molar-refractivity contribution in [1.82, 2.24) is 9.97 Å². The largest absolute Gasteiger partial charge is 1.00 e. The number of carbonyl (C=O) groups is 3. The van der Waals surface area contributed by atoms with Crippen LogP contribution >= 0.6 is 93.3 Å². The monoisotopic (exact) mass is 1260 g/mol. The number of thiocarbonyl (C=S) groups is 2. The van der Waals surface area contributed by atoms with E-state index in [0.29, 0.717) is 32.1 Å². The van der Waals surface area contributed by atoms with E-state index in [2.05, 4.69) is 64.4 Å². The summed E-state index contributed by atoms with van der Waals surface area (Å²) in [4.78, 5) is 47.3. The molecule has 7 aromatic rings. The number of rotatable bonds is 7. The number of nitrogens with zero attached hydrogens (tertiary/aromatic N) is 4. The molecule has 0 atom stereocenters. The second kappa shape index (κ2) is 37.9. The predicted octanol–water partition coefficient (Wildman–Crippen LogP) is 12.0. The second-order valence-corrected chi connectivity index (χ2v) is 25.5. The number of carbonyl (C=O) groups excluding carboxylic acids is 3. The maximum Gasteiger partial charge on any atom is 1.00 e. The minimum atomic E-state index is -0.555. The van der Waals surface area contributed by atoms with Gasteiger partial charge in [-0.15, -0.1) is 56.7 Å². The Balaban J connectivity index is 0.000000279. The van der Waals surface area contributed by atoms with E-state index >= 15 is 0 Å². The quantitative estimate of drug-likeness (QED) is 0.0169. The third-order valence-corrected chi connectivity index (χ3v) is 17.3. The summed E-state index contributed by atoms with van der Waals surface area (Å²) >= 11 is 22.1. The smallest absolute Gasteiger partial charge is 0.857 e. The topological polar surface area (TPSA) is 262 Å². The number of aromatic amines is 1. The fourth-order valence-electron chi connectivity index (χ4n) is 8.65. The Morgan fingerprint density at radius 3 is 1.77 bits per heavy atom. The van der Waals surface area contributed by atoms with Crippen molar-refractivity contribution in [2.45, 2.75) is 136 Å². The van der Waals surface area contributed by atoms with Crippen LogP contribution in [0.2, 0.25) is 0 Å². The number of esters is 1. The van der Waals surface area contributed by atoms with E-state index in [1.165, 1.54) is 101 Å². The average Bonchev–Trinajstić information content (AvgIpc) is 4.32. The first-order valence-corrected chi connectivity index (χ1v) is 31.8. The Morgan fingerprint density at radius 2 is 1.29 bits per heavy atom. The number of hydrogen-bond donors (Lipinski definition) is 4. The molecule has 0 saturated heterocycles. The van der Waals surface area contributed by atoms with Gasteiger partial charge in [-0.2, -0.15) is 22.9 Å². The molecule has 7 N–H and O–H groups in total. The maximum atomic E-state index is 12.7. The molecule has 3 aliphatic carbocycles. The van der Waals surface area contributed by atoms with Gasteiger partial charge >= 0.3 is 35.5 Å². The Kier molecular flexibility index (Phi) is 32.9. The molecule has 0 amide bonds. The molecule has 0 unspecified atom stereocenters. The Hall–Kier alpha value is -5.16. The van der Waals surface area contributed by atoms with Gasteiger partial charge in [0.1, 0.15) is 42.9 Å². The fraction of sp³-hybridized carbons (Fsp3) is 0.367. The van der Waals surface area contributed by atoms with Crippen LogP contribution in [0.5, 0.6) is 0 Å². The van der Waals surface area contributed by atoms with E-state index < -0.39 is 5.60 Å². The number of ketones is 1. The number of nitrogens with one attached hydrogen (secondary N) is 1. The molecule has 7 heterocycles. The van der Waals surface area contributed by atoms with Crippen LogP contribution in [0.4, 0.5) is 5.69 Å². The Labute approximate surface area is 539 Å². The summed E-state index contributed by atoms with van der Waals surface area (Å²) in [6, 6.07) is 21.8. The zero-order valence-corrected chi connectivity index (χ0v) is 55.5. The fourth-order valence-corrected chi connectivity index (χ4v) is 12.9. The number of aromatic nitrogens is 2. The van der Waals surface area contributed by atoms with E-state index in [0.717, 1.165) is 102 Å². The van der Waals surface area contributed by atoms with Gasteiger partial charge in [0.25, 0.3) is 0 Å². The van der Waals surface area contributed by atoms with Gasteiger partial charge < -0.3 is 32.0 Å². The van der Waals surface area contributed by atoms with Gasteiger partial charge in [-0.25, -0.2) is 9.78 Å². The van der Waals surface area contributed by atoms with Crippen molar-refractivity contribution in [2.75, 3.05) is 12.8 Å². The SMILES string of the molecule is CC(C)(C)OC(=O)c1sc2nc3c(c(-c4cccs4)c2c1N)CCCCC3.C[O-].N#C/C(=C/c1cccs1)C(N)=S.N#CCC(N)=S.N#Cc1c(-c2cccs2)c2c([nH]c1=S)CCCCC2.O=C1CCCCCC1.O=Cc1cccs1.[Na+]. The van der Waals surface area contributed by atoms with Crippen LogP contribution in [-0.2, 0) is 35.2 Å². The number of nitrogen functional groups attached to an aromatic ring is 1. The van der Waals surface area contributed by atoms with Gasteiger partial charge in [0.15, 0.2) is 6.29 Å². The molecular weight excluding hydrogens is 1190 g/mol. The van der Waals surface area contributed by atoms with E-state index in [-0.39, 0.29) is 51.9 Å². The minimum absolute atomic E-state index is 0. The number of nitrogens with two attached hydrogens (primary N) is 3. The molecule has 0 spiro atoms. The van der Waals surface area contributed by atoms with Gasteiger partial charge in [-0.1, -0.05) is 86.6 Å². The van der Waals surface area contributed by atoms with Crippen LogP contribution in [0.1, 0.15) is 157 Å². The Morgan fingerprint density at radius 1 is 0.768 bits per heavy atom. The Bertz CT molecular complexity index is 3370. The number of pyridine rings is 2. The van der Waals surface area contributed by atoms with Crippen LogP contribution < -0.4 is 51.9 Å². The standard InChI is InChI=1S/C21H24N2O2S2.C15H14N2S2.C8H6N2S2.C7H12O.C5H4OS.C3H4N2S.CH3O.Na/c1-21(2,3)25-20(24)18-17(22)16-15(14-10-7-11-26-14)12-8-5-4-6-9-13(12)23-19(16)27-18;16-9-11-14(13-7-4-8-19-13)10-5-2-1-3-6-12(10)17-15(11)18;9-5-6(8(10)11)4-7-2-1-3-12-7;8-7-5-3-1-2-4-6-7;6-4-5-2-1-3-7-5;4-2-1-3(5)6;1-2;/h7,10-11H,4-6,8-9,22H2,1-3H3;4,7-8H,1-3,5-6H2,(H,17,18);1-4H,(H2,10,11);1-6H2;1-4H;1H2,(H2,5,6);1H3;/q;;;;;;-1;+1/b;;6-4-;;;;;. The van der Waals surface area contributed by atoms with Crippen LogP contribution in [0.3, 0.4) is 0 Å². The molecule has 426 valence electrons. The van der Waals surface area contributed by atoms with Gasteiger partial charge in [0, 0.05) is 55.4 Å². The van der Waals surface area contributed by atoms with E-state index in [1.807, 2.05) is 61.9 Å². The number of fused-ring (bicyclic) bond motifs is 3. The van der Waals surface area contributed by atoms with Crippen molar-refractivity contribution < 1.29 is 53.8 Å². The third-order valence-electron chi connectivity index (χ3n) is 12.2. The molecule has 1 saturated carbocycles. The first-order valence-electron chi connectivity index (χ1n) is 26.2. The van der Waals surface area contributed by atoms with Crippen LogP contribution in [0.15, 0.2) is 75.6 Å². The number of H-pyrrole nitrogens is 1. The van der Waals surface area contributed by atoms with Gasteiger partial charge in [-0.3, -0.25) is 9.59 Å². The molecule has 0 bridgehead atoms. The van der Waals surface area contributed by atoms with Crippen molar-refractivity contribution in [1.29, 1.82) is 15.8 Å². The number of anilines is 1. The van der Waals surface area contributed by atoms with Crippen molar-refractivity contribution in [3.05, 3.63) is 123 Å². The zero-order chi connectivity index (χ0) is 59.3. The summed E-state index contributed by atoms with van der Waals surface area (Å²) in [6.07, 6.45) is 20.5. The second-order valence-electron chi connectivity index (χ2n) is 19.2. The molecule has 0 aliphatic heterocycles. The van der Waals surface area contributed by atoms with E-state index in [9.17, 15) is 19.6 Å². The minimum Gasteiger partial charge on any atom is -0.857 e. The number of aryl methyl sites for hydroxylation is 2. The summed E-state index contributed by atoms with van der Waals surface area (Å²) in [5, 5.41) is 43.0. The maximum absolute atomic E-state index is 12.7. The number of ether oxygens (including phenoxy) is 1. The first kappa shape index (κ1) is 71.1. The van der Waals surface area contributed by atoms with Crippen molar-refractivity contribution in [2.24, 2.45) is 11.5 Å². The molecule has 0 aromatic carbocycles. The molecule has 22 heteroatoms. The number of aldehydes is 1. The molecule has 13 nitrogen and oxygen atoms in total. The molecule has 10 rings (SSSR count). The van der Waals surface area contributed by atoms with Gasteiger partial charge in [0.05, 0.1) is 39.2 Å². The number of nitriles is 3. The summed E-state index contributed by atoms with van der Waals surface area (Å²) in [5.41, 5.74) is 25.0. The summed E-state index contributed by atoms with van der Waals surface area (Å²) in [6.45, 7) is 5.60. The van der Waals surface area contributed by atoms with Crippen LogP contribution in [-0.4, -0.2) is 50.7 Å². The van der Waals surface area contributed by atoms with Crippen molar-refractivity contribution >= 4 is 143 Å². The van der Waals surface area contributed by atoms with Gasteiger partial charge in [0.2, 0.25) is 0 Å². The van der Waals surface area contributed by atoms with Crippen LogP contribution in [0, 0.1) is 38.6 Å². The van der Waals surface area contributed by atoms with Crippen molar-refractivity contribution in [3.8, 4) is 39.1 Å². The molecule has 1 fully saturated rings. The summed E-state index contributed by atoms with van der Waals surface area (Å²) < 4.78 is 6.17. The number of Topliss-reactive ketones (excluding diaryl/α,β-unsaturated/α-hetero) is 1. The molecule has 7 aromatic heterocycles. The summed E-state index contributed by atoms with van der Waals surface area (Å²) in [5.74, 6) is 0.109. The molecule has 0 radical (unpaired) electrons. The number of thiophene rings is 5. The third kappa shape index (κ3) is 22.8.